The Labute approximate surface area is 120 Å². The number of benzene rings is 1. The number of carbonyl (C=O) groups is 1. The fourth-order valence-electron chi connectivity index (χ4n) is 2.23. The third kappa shape index (κ3) is 3.05. The molecule has 98 valence electrons. The van der Waals surface area contributed by atoms with Gasteiger partial charge in [0, 0.05) is 22.6 Å². The van der Waals surface area contributed by atoms with Crippen molar-refractivity contribution in [2.24, 2.45) is 0 Å². The van der Waals surface area contributed by atoms with Crippen LogP contribution in [0.1, 0.15) is 30.1 Å². The van der Waals surface area contributed by atoms with Crippen molar-refractivity contribution in [1.82, 2.24) is 4.90 Å². The molecule has 1 aliphatic rings. The van der Waals surface area contributed by atoms with Crippen molar-refractivity contribution in [3.05, 3.63) is 33.3 Å². The summed E-state index contributed by atoms with van der Waals surface area (Å²) >= 11 is 9.21. The Morgan fingerprint density at radius 3 is 2.89 bits per heavy atom. The summed E-state index contributed by atoms with van der Waals surface area (Å²) in [5, 5.41) is 10.6. The number of amides is 1. The molecule has 0 saturated carbocycles. The van der Waals surface area contributed by atoms with Gasteiger partial charge in [0.1, 0.15) is 0 Å². The Hall–Kier alpha value is -0.580. The third-order valence-electron chi connectivity index (χ3n) is 3.12. The van der Waals surface area contributed by atoms with Crippen molar-refractivity contribution in [3.63, 3.8) is 0 Å². The zero-order chi connectivity index (χ0) is 13.3. The molecule has 1 aromatic carbocycles. The summed E-state index contributed by atoms with van der Waals surface area (Å²) in [4.78, 5) is 14.1. The minimum atomic E-state index is -0.785. The highest BCUT2D eigenvalue weighted by molar-refractivity contribution is 9.10. The van der Waals surface area contributed by atoms with Gasteiger partial charge in [-0.15, -0.1) is 0 Å². The second kappa shape index (κ2) is 5.19. The van der Waals surface area contributed by atoms with E-state index in [0.29, 0.717) is 28.1 Å². The van der Waals surface area contributed by atoms with E-state index in [0.717, 1.165) is 12.8 Å². The van der Waals surface area contributed by atoms with Crippen LogP contribution in [-0.2, 0) is 0 Å². The first-order valence-corrected chi connectivity index (χ1v) is 7.03. The Morgan fingerprint density at radius 1 is 1.56 bits per heavy atom. The molecule has 1 fully saturated rings. The fraction of sp³-hybridized carbons (Fsp3) is 0.462. The maximum absolute atomic E-state index is 12.4. The fourth-order valence-corrected chi connectivity index (χ4v) is 3.08. The lowest BCUT2D eigenvalue weighted by atomic mass is 9.94. The number of rotatable bonds is 1. The molecular formula is C13H15BrClNO2. The smallest absolute Gasteiger partial charge is 0.255 e. The number of nitrogens with zero attached hydrogens (tertiary/aromatic N) is 1. The summed E-state index contributed by atoms with van der Waals surface area (Å²) in [6.45, 7) is 2.83. The van der Waals surface area contributed by atoms with Crippen molar-refractivity contribution in [1.29, 1.82) is 0 Å². The summed E-state index contributed by atoms with van der Waals surface area (Å²) in [5.74, 6) is -0.0708. The predicted octanol–water partition coefficient (Wildman–Crippen LogP) is 3.09. The molecule has 1 aromatic rings. The highest BCUT2D eigenvalue weighted by Crippen LogP contribution is 2.26. The first-order chi connectivity index (χ1) is 8.39. The van der Waals surface area contributed by atoms with Gasteiger partial charge in [0.2, 0.25) is 0 Å². The Bertz CT molecular complexity index is 476. The average Bonchev–Trinajstić information content (AvgIpc) is 2.27. The monoisotopic (exact) mass is 331 g/mol. The van der Waals surface area contributed by atoms with Gasteiger partial charge in [0.05, 0.1) is 11.2 Å². The van der Waals surface area contributed by atoms with E-state index in [2.05, 4.69) is 15.9 Å². The molecule has 1 amide bonds. The van der Waals surface area contributed by atoms with E-state index in [-0.39, 0.29) is 5.91 Å². The zero-order valence-electron chi connectivity index (χ0n) is 10.1. The minimum absolute atomic E-state index is 0.0708. The molecule has 0 aromatic heterocycles. The van der Waals surface area contributed by atoms with Crippen LogP contribution in [0.15, 0.2) is 22.7 Å². The second-order valence-electron chi connectivity index (χ2n) is 4.95. The molecule has 5 heteroatoms. The van der Waals surface area contributed by atoms with Crippen molar-refractivity contribution in [3.8, 4) is 0 Å². The van der Waals surface area contributed by atoms with E-state index >= 15 is 0 Å². The highest BCUT2D eigenvalue weighted by Gasteiger charge is 2.31. The Morgan fingerprint density at radius 2 is 2.28 bits per heavy atom. The predicted molar refractivity (Wildman–Crippen MR) is 74.9 cm³/mol. The van der Waals surface area contributed by atoms with E-state index in [1.54, 1.807) is 30.0 Å². The Kier molecular flexibility index (Phi) is 3.99. The molecule has 0 radical (unpaired) electrons. The van der Waals surface area contributed by atoms with E-state index in [4.69, 9.17) is 11.6 Å². The SMILES string of the molecule is CC1(O)CCCN(C(=O)c2ccc(Cl)cc2Br)C1. The molecule has 1 atom stereocenters. The van der Waals surface area contributed by atoms with Gasteiger partial charge < -0.3 is 10.0 Å². The largest absolute Gasteiger partial charge is 0.388 e. The van der Waals surface area contributed by atoms with E-state index < -0.39 is 5.60 Å². The van der Waals surface area contributed by atoms with Crippen LogP contribution in [0.25, 0.3) is 0 Å². The average molecular weight is 333 g/mol. The van der Waals surface area contributed by atoms with Gasteiger partial charge in [-0.25, -0.2) is 0 Å². The molecule has 2 rings (SSSR count). The van der Waals surface area contributed by atoms with E-state index in [1.165, 1.54) is 0 Å². The quantitative estimate of drug-likeness (QED) is 0.858. The number of hydrogen-bond donors (Lipinski definition) is 1. The van der Waals surface area contributed by atoms with Crippen LogP contribution in [0.5, 0.6) is 0 Å². The van der Waals surface area contributed by atoms with Gasteiger partial charge in [-0.1, -0.05) is 11.6 Å². The minimum Gasteiger partial charge on any atom is -0.388 e. The number of carbonyl (C=O) groups excluding carboxylic acids is 1. The van der Waals surface area contributed by atoms with Crippen molar-refractivity contribution >= 4 is 33.4 Å². The summed E-state index contributed by atoms with van der Waals surface area (Å²) in [5.41, 5.74) is -0.204. The van der Waals surface area contributed by atoms with Crippen LogP contribution in [0, 0.1) is 0 Å². The number of halogens is 2. The standard InChI is InChI=1S/C13H15BrClNO2/c1-13(18)5-2-6-16(8-13)12(17)10-4-3-9(15)7-11(10)14/h3-4,7,18H,2,5-6,8H2,1H3. The molecule has 0 aliphatic carbocycles. The first kappa shape index (κ1) is 13.8. The third-order valence-corrected chi connectivity index (χ3v) is 4.01. The number of piperidine rings is 1. The number of hydrogen-bond acceptors (Lipinski definition) is 2. The van der Waals surface area contributed by atoms with Crippen LogP contribution >= 0.6 is 27.5 Å². The molecule has 1 aliphatic heterocycles. The lowest BCUT2D eigenvalue weighted by Gasteiger charge is -2.37. The second-order valence-corrected chi connectivity index (χ2v) is 6.24. The van der Waals surface area contributed by atoms with Crippen LogP contribution in [0.2, 0.25) is 5.02 Å². The lowest BCUT2D eigenvalue weighted by Crippen LogP contribution is -2.48. The van der Waals surface area contributed by atoms with Gasteiger partial charge in [-0.2, -0.15) is 0 Å². The topological polar surface area (TPSA) is 40.5 Å². The molecule has 18 heavy (non-hydrogen) atoms. The van der Waals surface area contributed by atoms with Gasteiger partial charge >= 0.3 is 0 Å². The van der Waals surface area contributed by atoms with Crippen LogP contribution in [-0.4, -0.2) is 34.6 Å². The molecular weight excluding hydrogens is 318 g/mol. The first-order valence-electron chi connectivity index (χ1n) is 5.86. The maximum atomic E-state index is 12.4. The van der Waals surface area contributed by atoms with E-state index in [9.17, 15) is 9.90 Å². The summed E-state index contributed by atoms with van der Waals surface area (Å²) in [7, 11) is 0. The van der Waals surface area contributed by atoms with E-state index in [1.807, 2.05) is 0 Å². The molecule has 1 N–H and O–H groups in total. The molecule has 1 heterocycles. The molecule has 1 unspecified atom stereocenters. The van der Waals surface area contributed by atoms with Gasteiger partial charge in [0.15, 0.2) is 0 Å². The van der Waals surface area contributed by atoms with Crippen molar-refractivity contribution in [2.75, 3.05) is 13.1 Å². The highest BCUT2D eigenvalue weighted by atomic mass is 79.9. The number of aliphatic hydroxyl groups is 1. The number of likely N-dealkylation sites (tertiary alicyclic amines) is 1. The van der Waals surface area contributed by atoms with Crippen LogP contribution < -0.4 is 0 Å². The molecule has 1 saturated heterocycles. The van der Waals surface area contributed by atoms with Gasteiger partial charge in [0.25, 0.3) is 5.91 Å². The summed E-state index contributed by atoms with van der Waals surface area (Å²) in [6, 6.07) is 5.11. The van der Waals surface area contributed by atoms with Gasteiger partial charge in [-0.3, -0.25) is 4.79 Å². The van der Waals surface area contributed by atoms with Crippen LogP contribution in [0.4, 0.5) is 0 Å². The molecule has 0 bridgehead atoms. The van der Waals surface area contributed by atoms with Crippen molar-refractivity contribution in [2.45, 2.75) is 25.4 Å². The van der Waals surface area contributed by atoms with Crippen molar-refractivity contribution < 1.29 is 9.90 Å². The number of β-amino-alcohol motifs (C(OH)–C–C–N with tert-alkyl or cyclic N) is 1. The summed E-state index contributed by atoms with van der Waals surface area (Å²) < 4.78 is 0.685. The summed E-state index contributed by atoms with van der Waals surface area (Å²) in [6.07, 6.45) is 1.56. The lowest BCUT2D eigenvalue weighted by molar-refractivity contribution is -0.0107. The van der Waals surface area contributed by atoms with Crippen LogP contribution in [0.3, 0.4) is 0 Å². The normalized spacial score (nSPS) is 24.1. The molecule has 0 spiro atoms. The zero-order valence-corrected chi connectivity index (χ0v) is 12.5. The van der Waals surface area contributed by atoms with Gasteiger partial charge in [-0.05, 0) is 53.9 Å². The Balaban J connectivity index is 2.20. The molecule has 3 nitrogen and oxygen atoms in total. The maximum Gasteiger partial charge on any atom is 0.255 e.